The fourth-order valence-electron chi connectivity index (χ4n) is 4.92. The second kappa shape index (κ2) is 7.26. The van der Waals surface area contributed by atoms with Gasteiger partial charge in [0.2, 0.25) is 5.91 Å². The zero-order chi connectivity index (χ0) is 20.1. The van der Waals surface area contributed by atoms with Crippen LogP contribution in [0.3, 0.4) is 0 Å². The zero-order valence-corrected chi connectivity index (χ0v) is 15.0. The van der Waals surface area contributed by atoms with Gasteiger partial charge < -0.3 is 16.0 Å². The van der Waals surface area contributed by atoms with Crippen molar-refractivity contribution < 1.29 is 26.7 Å². The normalized spacial score (nSPS) is 35.2. The molecule has 2 aliphatic heterocycles. The van der Waals surface area contributed by atoms with E-state index in [-0.39, 0.29) is 42.3 Å². The molecule has 1 aromatic carbocycles. The lowest BCUT2D eigenvalue weighted by atomic mass is 9.87. The van der Waals surface area contributed by atoms with Crippen molar-refractivity contribution in [3.8, 4) is 0 Å². The summed E-state index contributed by atoms with van der Waals surface area (Å²) in [6, 6.07) is 2.14. The molecule has 3 aliphatic rings. The number of amides is 1. The smallest absolute Gasteiger partial charge is 0.352 e. The van der Waals surface area contributed by atoms with Crippen LogP contribution in [0.1, 0.15) is 36.4 Å². The lowest BCUT2D eigenvalue weighted by Gasteiger charge is -2.23. The molecule has 154 valence electrons. The van der Waals surface area contributed by atoms with E-state index in [1.165, 1.54) is 12.1 Å². The minimum absolute atomic E-state index is 0.00506. The predicted octanol–water partition coefficient (Wildman–Crippen LogP) is 2.70. The third-order valence-corrected chi connectivity index (χ3v) is 6.27. The Morgan fingerprint density at radius 1 is 1.11 bits per heavy atom. The van der Waals surface area contributed by atoms with Crippen LogP contribution in [-0.2, 0) is 11.0 Å². The molecule has 28 heavy (non-hydrogen) atoms. The molecule has 3 N–H and O–H groups in total. The molecule has 1 aromatic rings. The molecule has 0 aromatic heterocycles. The monoisotopic (exact) mass is 403 g/mol. The number of hydrogen-bond donors (Lipinski definition) is 3. The molecule has 2 saturated heterocycles. The Labute approximate surface area is 159 Å². The van der Waals surface area contributed by atoms with Crippen LogP contribution in [0.25, 0.3) is 0 Å². The highest BCUT2D eigenvalue weighted by molar-refractivity contribution is 5.82. The summed E-state index contributed by atoms with van der Waals surface area (Å²) in [6.07, 6.45) is -4.29. The van der Waals surface area contributed by atoms with E-state index in [1.807, 2.05) is 0 Å². The van der Waals surface area contributed by atoms with E-state index in [0.717, 1.165) is 6.07 Å². The van der Waals surface area contributed by atoms with Crippen LogP contribution in [0.5, 0.6) is 0 Å². The second-order valence-electron chi connectivity index (χ2n) is 7.91. The summed E-state index contributed by atoms with van der Waals surface area (Å²) in [7, 11) is 0. The maximum Gasteiger partial charge on any atom is 0.419 e. The number of hydrogen-bond acceptors (Lipinski definition) is 3. The molecule has 1 amide bonds. The summed E-state index contributed by atoms with van der Waals surface area (Å²) in [5.41, 5.74) is -1.24. The fraction of sp³-hybridized carbons (Fsp3) is 0.632. The van der Waals surface area contributed by atoms with E-state index in [9.17, 15) is 26.7 Å². The van der Waals surface area contributed by atoms with E-state index in [1.54, 1.807) is 0 Å². The van der Waals surface area contributed by atoms with Gasteiger partial charge in [-0.15, -0.1) is 0 Å². The molecule has 0 bridgehead atoms. The van der Waals surface area contributed by atoms with E-state index in [0.29, 0.717) is 19.4 Å². The first kappa shape index (κ1) is 19.6. The Morgan fingerprint density at radius 2 is 1.89 bits per heavy atom. The second-order valence-corrected chi connectivity index (χ2v) is 7.91. The Balaban J connectivity index is 1.47. The minimum atomic E-state index is -4.74. The topological polar surface area (TPSA) is 53.2 Å². The molecule has 1 unspecified atom stereocenters. The number of halogens is 5. The third kappa shape index (κ3) is 3.50. The van der Waals surface area contributed by atoms with Gasteiger partial charge in [0.25, 0.3) is 0 Å². The van der Waals surface area contributed by atoms with Crippen LogP contribution in [-0.4, -0.2) is 37.3 Å². The lowest BCUT2D eigenvalue weighted by Crippen LogP contribution is -2.47. The minimum Gasteiger partial charge on any atom is -0.352 e. The molecule has 0 radical (unpaired) electrons. The molecule has 1 aliphatic carbocycles. The molecule has 4 nitrogen and oxygen atoms in total. The highest BCUT2D eigenvalue weighted by Crippen LogP contribution is 2.46. The number of nitrogens with one attached hydrogen (secondary N) is 3. The van der Waals surface area contributed by atoms with Gasteiger partial charge in [-0.25, -0.2) is 8.78 Å². The molecule has 9 heteroatoms. The van der Waals surface area contributed by atoms with Crippen molar-refractivity contribution in [3.63, 3.8) is 0 Å². The maximum atomic E-state index is 14.6. The van der Waals surface area contributed by atoms with Crippen LogP contribution in [0, 0.1) is 17.7 Å². The molecule has 6 atom stereocenters. The summed E-state index contributed by atoms with van der Waals surface area (Å²) >= 11 is 0. The van der Waals surface area contributed by atoms with Crippen molar-refractivity contribution in [1.82, 2.24) is 16.0 Å². The summed E-state index contributed by atoms with van der Waals surface area (Å²) in [5, 5.41) is 8.94. The summed E-state index contributed by atoms with van der Waals surface area (Å²) in [4.78, 5) is 12.4. The van der Waals surface area contributed by atoms with Crippen molar-refractivity contribution in [1.29, 1.82) is 0 Å². The molecular weight excluding hydrogens is 381 g/mol. The van der Waals surface area contributed by atoms with E-state index in [2.05, 4.69) is 16.0 Å². The Hall–Kier alpha value is -1.74. The van der Waals surface area contributed by atoms with Gasteiger partial charge in [0.05, 0.1) is 11.6 Å². The average molecular weight is 403 g/mol. The lowest BCUT2D eigenvalue weighted by molar-refractivity contribution is -0.140. The molecule has 3 fully saturated rings. The molecular formula is C19H22F5N3O. The van der Waals surface area contributed by atoms with Gasteiger partial charge in [0, 0.05) is 37.2 Å². The van der Waals surface area contributed by atoms with Gasteiger partial charge in [-0.2, -0.15) is 13.2 Å². The van der Waals surface area contributed by atoms with Crippen LogP contribution >= 0.6 is 0 Å². The van der Waals surface area contributed by atoms with Crippen LogP contribution in [0.4, 0.5) is 22.0 Å². The number of benzene rings is 1. The standard InChI is InChI=1S/C19H22F5N3O/c20-9-6-15(25-7-9)18(28)27-14-5-4-10-12(14)8-26-17(10)11-2-1-3-13(16(11)21)19(22,23)24/h1-3,9-10,12,14-15,17,25-26H,4-8H2,(H,27,28)/t9-,10+,12+,14+,15+,17?/m1/s1. The van der Waals surface area contributed by atoms with Crippen molar-refractivity contribution >= 4 is 5.91 Å². The highest BCUT2D eigenvalue weighted by Gasteiger charge is 2.47. The van der Waals surface area contributed by atoms with Crippen LogP contribution in [0.15, 0.2) is 18.2 Å². The Morgan fingerprint density at radius 3 is 2.57 bits per heavy atom. The quantitative estimate of drug-likeness (QED) is 0.681. The summed E-state index contributed by atoms with van der Waals surface area (Å²) in [6.45, 7) is 0.646. The first-order chi connectivity index (χ1) is 13.3. The van der Waals surface area contributed by atoms with Gasteiger partial charge >= 0.3 is 6.18 Å². The van der Waals surface area contributed by atoms with Gasteiger partial charge in [0.15, 0.2) is 0 Å². The SMILES string of the molecule is O=C(N[C@H]1CC[C@@H]2C(c3cccc(C(F)(F)F)c3F)NC[C@H]12)[C@@H]1C[C@@H](F)CN1. The van der Waals surface area contributed by atoms with Crippen molar-refractivity contribution in [2.45, 2.75) is 49.7 Å². The van der Waals surface area contributed by atoms with Crippen molar-refractivity contribution in [2.24, 2.45) is 11.8 Å². The zero-order valence-electron chi connectivity index (χ0n) is 15.0. The molecule has 4 rings (SSSR count). The maximum absolute atomic E-state index is 14.6. The number of fused-ring (bicyclic) bond motifs is 1. The fourth-order valence-corrected chi connectivity index (χ4v) is 4.92. The highest BCUT2D eigenvalue weighted by atomic mass is 19.4. The molecule has 1 saturated carbocycles. The van der Waals surface area contributed by atoms with E-state index in [4.69, 9.17) is 0 Å². The van der Waals surface area contributed by atoms with Crippen molar-refractivity contribution in [2.75, 3.05) is 13.1 Å². The van der Waals surface area contributed by atoms with Crippen molar-refractivity contribution in [3.05, 3.63) is 35.1 Å². The first-order valence-corrected chi connectivity index (χ1v) is 9.52. The Kier molecular flexibility index (Phi) is 5.07. The van der Waals surface area contributed by atoms with Crippen LogP contribution in [0.2, 0.25) is 0 Å². The van der Waals surface area contributed by atoms with Gasteiger partial charge in [0.1, 0.15) is 12.0 Å². The first-order valence-electron chi connectivity index (χ1n) is 9.52. The predicted molar refractivity (Wildman–Crippen MR) is 91.6 cm³/mol. The summed E-state index contributed by atoms with van der Waals surface area (Å²) in [5.74, 6) is -1.54. The third-order valence-electron chi connectivity index (χ3n) is 6.27. The number of carbonyl (C=O) groups excluding carboxylic acids is 1. The van der Waals surface area contributed by atoms with E-state index < -0.39 is 35.8 Å². The number of rotatable bonds is 3. The van der Waals surface area contributed by atoms with Gasteiger partial charge in [-0.3, -0.25) is 4.79 Å². The number of carbonyl (C=O) groups is 1. The molecule has 2 heterocycles. The largest absolute Gasteiger partial charge is 0.419 e. The summed E-state index contributed by atoms with van der Waals surface area (Å²) < 4.78 is 66.9. The van der Waals surface area contributed by atoms with Crippen LogP contribution < -0.4 is 16.0 Å². The Bertz CT molecular complexity index is 756. The average Bonchev–Trinajstić information content (AvgIpc) is 3.32. The van der Waals surface area contributed by atoms with Gasteiger partial charge in [-0.1, -0.05) is 12.1 Å². The van der Waals surface area contributed by atoms with E-state index >= 15 is 0 Å². The molecule has 0 spiro atoms. The van der Waals surface area contributed by atoms with Gasteiger partial charge in [-0.05, 0) is 30.7 Å². The number of alkyl halides is 4.